The first-order valence-corrected chi connectivity index (χ1v) is 6.81. The van der Waals surface area contributed by atoms with E-state index in [2.05, 4.69) is 27.8 Å². The van der Waals surface area contributed by atoms with Gasteiger partial charge in [-0.25, -0.2) is 0 Å². The van der Waals surface area contributed by atoms with Crippen LogP contribution in [0.5, 0.6) is 0 Å². The van der Waals surface area contributed by atoms with Crippen LogP contribution in [0.3, 0.4) is 0 Å². The van der Waals surface area contributed by atoms with Crippen LogP contribution in [0.25, 0.3) is 0 Å². The van der Waals surface area contributed by atoms with E-state index in [1.807, 2.05) is 18.5 Å². The van der Waals surface area contributed by atoms with E-state index in [4.69, 9.17) is 5.73 Å². The Bertz CT molecular complexity index is 333. The van der Waals surface area contributed by atoms with Crippen LogP contribution in [0, 0.1) is 5.92 Å². The van der Waals surface area contributed by atoms with Gasteiger partial charge < -0.3 is 10.6 Å². The minimum atomic E-state index is 0.606. The highest BCUT2D eigenvalue weighted by Gasteiger charge is 2.17. The Hall–Kier alpha value is -0.970. The molecular formula is C14H24N4. The second kappa shape index (κ2) is 6.83. The van der Waals surface area contributed by atoms with Crippen molar-refractivity contribution in [2.75, 3.05) is 39.3 Å². The third kappa shape index (κ3) is 4.05. The second-order valence-corrected chi connectivity index (χ2v) is 5.28. The summed E-state index contributed by atoms with van der Waals surface area (Å²) < 4.78 is 0. The van der Waals surface area contributed by atoms with Gasteiger partial charge in [0.25, 0.3) is 0 Å². The molecular weight excluding hydrogens is 224 g/mol. The Labute approximate surface area is 110 Å². The molecule has 1 saturated heterocycles. The molecule has 0 radical (unpaired) electrons. The largest absolute Gasteiger partial charge is 0.330 e. The smallest absolute Gasteiger partial charge is 0.0312 e. The van der Waals surface area contributed by atoms with Crippen molar-refractivity contribution < 1.29 is 0 Å². The second-order valence-electron chi connectivity index (χ2n) is 5.28. The number of hydrogen-bond donors (Lipinski definition) is 1. The molecule has 0 amide bonds. The first-order valence-electron chi connectivity index (χ1n) is 6.81. The molecule has 1 atom stereocenters. The number of piperazine rings is 1. The van der Waals surface area contributed by atoms with E-state index < -0.39 is 0 Å². The van der Waals surface area contributed by atoms with Crippen molar-refractivity contribution in [3.05, 3.63) is 30.1 Å². The molecule has 2 N–H and O–H groups in total. The maximum Gasteiger partial charge on any atom is 0.0312 e. The van der Waals surface area contributed by atoms with Gasteiger partial charge >= 0.3 is 0 Å². The normalized spacial score (nSPS) is 19.9. The summed E-state index contributed by atoms with van der Waals surface area (Å²) in [5.41, 5.74) is 6.98. The van der Waals surface area contributed by atoms with Crippen LogP contribution in [0.1, 0.15) is 12.5 Å². The molecule has 1 aliphatic heterocycles. The van der Waals surface area contributed by atoms with Crippen molar-refractivity contribution in [3.63, 3.8) is 0 Å². The average molecular weight is 248 g/mol. The summed E-state index contributed by atoms with van der Waals surface area (Å²) in [7, 11) is 0. The summed E-state index contributed by atoms with van der Waals surface area (Å²) in [4.78, 5) is 9.19. The zero-order valence-electron chi connectivity index (χ0n) is 11.3. The third-order valence-electron chi connectivity index (χ3n) is 3.57. The van der Waals surface area contributed by atoms with Crippen LogP contribution in [0.15, 0.2) is 24.5 Å². The van der Waals surface area contributed by atoms with Gasteiger partial charge in [-0.2, -0.15) is 0 Å². The van der Waals surface area contributed by atoms with Crippen LogP contribution in [0.4, 0.5) is 0 Å². The molecule has 1 aromatic rings. The molecule has 2 heterocycles. The molecule has 0 aliphatic carbocycles. The highest BCUT2D eigenvalue weighted by molar-refractivity contribution is 5.08. The van der Waals surface area contributed by atoms with Gasteiger partial charge in [-0.05, 0) is 24.1 Å². The van der Waals surface area contributed by atoms with Crippen LogP contribution in [-0.2, 0) is 6.54 Å². The van der Waals surface area contributed by atoms with Gasteiger partial charge in [-0.3, -0.25) is 9.88 Å². The molecule has 0 saturated carbocycles. The first-order chi connectivity index (χ1) is 8.78. The number of hydrogen-bond acceptors (Lipinski definition) is 4. The Balaban J connectivity index is 1.73. The molecule has 4 heteroatoms. The number of pyridine rings is 1. The van der Waals surface area contributed by atoms with Crippen LogP contribution in [-0.4, -0.2) is 54.1 Å². The molecule has 1 aliphatic rings. The van der Waals surface area contributed by atoms with E-state index in [0.29, 0.717) is 5.92 Å². The van der Waals surface area contributed by atoms with Gasteiger partial charge in [0, 0.05) is 51.7 Å². The van der Waals surface area contributed by atoms with Crippen LogP contribution < -0.4 is 5.73 Å². The molecule has 0 aromatic carbocycles. The first kappa shape index (κ1) is 13.5. The molecule has 4 nitrogen and oxygen atoms in total. The highest BCUT2D eigenvalue weighted by Crippen LogP contribution is 2.08. The maximum atomic E-state index is 5.67. The van der Waals surface area contributed by atoms with Gasteiger partial charge in [-0.1, -0.05) is 13.0 Å². The quantitative estimate of drug-likeness (QED) is 0.837. The summed E-state index contributed by atoms with van der Waals surface area (Å²) >= 11 is 0. The van der Waals surface area contributed by atoms with E-state index in [-0.39, 0.29) is 0 Å². The summed E-state index contributed by atoms with van der Waals surface area (Å²) in [5.74, 6) is 0.606. The lowest BCUT2D eigenvalue weighted by Crippen LogP contribution is -2.47. The summed E-state index contributed by atoms with van der Waals surface area (Å²) in [6.07, 6.45) is 3.79. The Morgan fingerprint density at radius 3 is 2.61 bits per heavy atom. The van der Waals surface area contributed by atoms with Crippen molar-refractivity contribution in [2.24, 2.45) is 11.7 Å². The van der Waals surface area contributed by atoms with Crippen LogP contribution in [0.2, 0.25) is 0 Å². The SMILES string of the molecule is CC(CN)CN1CCN(Cc2cccnc2)CC1. The van der Waals surface area contributed by atoms with Crippen LogP contribution >= 0.6 is 0 Å². The Morgan fingerprint density at radius 2 is 2.00 bits per heavy atom. The third-order valence-corrected chi connectivity index (χ3v) is 3.57. The molecule has 100 valence electrons. The van der Waals surface area contributed by atoms with Gasteiger partial charge in [0.2, 0.25) is 0 Å². The maximum absolute atomic E-state index is 5.67. The lowest BCUT2D eigenvalue weighted by Gasteiger charge is -2.35. The predicted molar refractivity (Wildman–Crippen MR) is 74.2 cm³/mol. The van der Waals surface area contributed by atoms with E-state index in [1.165, 1.54) is 5.56 Å². The fraction of sp³-hybridized carbons (Fsp3) is 0.643. The number of aromatic nitrogens is 1. The minimum absolute atomic E-state index is 0.606. The zero-order valence-corrected chi connectivity index (χ0v) is 11.3. The Morgan fingerprint density at radius 1 is 1.28 bits per heavy atom. The molecule has 1 unspecified atom stereocenters. The number of nitrogens with zero attached hydrogens (tertiary/aromatic N) is 3. The van der Waals surface area contributed by atoms with Crippen molar-refractivity contribution in [2.45, 2.75) is 13.5 Å². The minimum Gasteiger partial charge on any atom is -0.330 e. The molecule has 1 aromatic heterocycles. The molecule has 2 rings (SSSR count). The van der Waals surface area contributed by atoms with Crippen molar-refractivity contribution in [1.29, 1.82) is 0 Å². The zero-order chi connectivity index (χ0) is 12.8. The summed E-state index contributed by atoms with van der Waals surface area (Å²) in [5, 5.41) is 0. The molecule has 1 fully saturated rings. The number of nitrogens with two attached hydrogens (primary N) is 1. The monoisotopic (exact) mass is 248 g/mol. The Kier molecular flexibility index (Phi) is 5.11. The standard InChI is InChI=1S/C14H24N4/c1-13(9-15)11-17-5-7-18(8-6-17)12-14-3-2-4-16-10-14/h2-4,10,13H,5-9,11-12,15H2,1H3. The van der Waals surface area contributed by atoms with Crippen molar-refractivity contribution >= 4 is 0 Å². The van der Waals surface area contributed by atoms with E-state index in [9.17, 15) is 0 Å². The summed E-state index contributed by atoms with van der Waals surface area (Å²) in [6.45, 7) is 9.77. The molecule has 0 spiro atoms. The number of rotatable bonds is 5. The van der Waals surface area contributed by atoms with Gasteiger partial charge in [0.15, 0.2) is 0 Å². The summed E-state index contributed by atoms with van der Waals surface area (Å²) in [6, 6.07) is 4.16. The van der Waals surface area contributed by atoms with E-state index in [1.54, 1.807) is 0 Å². The van der Waals surface area contributed by atoms with Crippen molar-refractivity contribution in [1.82, 2.24) is 14.8 Å². The van der Waals surface area contributed by atoms with Crippen molar-refractivity contribution in [3.8, 4) is 0 Å². The fourth-order valence-electron chi connectivity index (χ4n) is 2.40. The topological polar surface area (TPSA) is 45.4 Å². The van der Waals surface area contributed by atoms with E-state index in [0.717, 1.165) is 45.8 Å². The predicted octanol–water partition coefficient (Wildman–Crippen LogP) is 0.794. The highest BCUT2D eigenvalue weighted by atomic mass is 15.3. The van der Waals surface area contributed by atoms with Gasteiger partial charge in [0.1, 0.15) is 0 Å². The fourth-order valence-corrected chi connectivity index (χ4v) is 2.40. The van der Waals surface area contributed by atoms with Gasteiger partial charge in [0.05, 0.1) is 0 Å². The van der Waals surface area contributed by atoms with Gasteiger partial charge in [-0.15, -0.1) is 0 Å². The molecule has 18 heavy (non-hydrogen) atoms. The molecule has 0 bridgehead atoms. The lowest BCUT2D eigenvalue weighted by molar-refractivity contribution is 0.116. The average Bonchev–Trinajstić information content (AvgIpc) is 2.42. The lowest BCUT2D eigenvalue weighted by atomic mass is 10.1. The van der Waals surface area contributed by atoms with E-state index >= 15 is 0 Å².